The molecule has 2 amide bonds. The highest BCUT2D eigenvalue weighted by atomic mass is 16.5. The zero-order chi connectivity index (χ0) is 18.1. The van der Waals surface area contributed by atoms with Gasteiger partial charge in [0.2, 0.25) is 0 Å². The number of carbonyl (C=O) groups is 2. The molecule has 3 N–H and O–H groups in total. The molecule has 0 aliphatic rings. The summed E-state index contributed by atoms with van der Waals surface area (Å²) >= 11 is 0. The highest BCUT2D eigenvalue weighted by Gasteiger charge is 2.24. The molecule has 1 aromatic rings. The molecule has 0 aromatic heterocycles. The van der Waals surface area contributed by atoms with Crippen molar-refractivity contribution in [2.24, 2.45) is 5.92 Å². The van der Waals surface area contributed by atoms with Crippen LogP contribution >= 0.6 is 0 Å². The maximum atomic E-state index is 11.9. The quantitative estimate of drug-likeness (QED) is 0.640. The van der Waals surface area contributed by atoms with Gasteiger partial charge in [-0.1, -0.05) is 26.3 Å². The van der Waals surface area contributed by atoms with Crippen molar-refractivity contribution in [1.82, 2.24) is 10.6 Å². The van der Waals surface area contributed by atoms with E-state index in [9.17, 15) is 9.59 Å². The number of methoxy groups -OCH3 is 2. The lowest BCUT2D eigenvalue weighted by Gasteiger charge is -2.20. The van der Waals surface area contributed by atoms with Gasteiger partial charge < -0.3 is 25.2 Å². The summed E-state index contributed by atoms with van der Waals surface area (Å²) < 4.78 is 10.4. The molecular weight excluding hydrogens is 312 g/mol. The number of hydrogen-bond donors (Lipinski definition) is 3. The number of aliphatic carboxylic acids is 1. The van der Waals surface area contributed by atoms with Crippen LogP contribution in [0.15, 0.2) is 18.2 Å². The first-order chi connectivity index (χ1) is 11.4. The van der Waals surface area contributed by atoms with Gasteiger partial charge in [0.05, 0.1) is 14.2 Å². The maximum absolute atomic E-state index is 11.9. The van der Waals surface area contributed by atoms with Gasteiger partial charge in [-0.3, -0.25) is 0 Å². The zero-order valence-corrected chi connectivity index (χ0v) is 14.6. The maximum Gasteiger partial charge on any atom is 0.326 e. The second-order valence-electron chi connectivity index (χ2n) is 5.54. The highest BCUT2D eigenvalue weighted by Crippen LogP contribution is 2.27. The van der Waals surface area contributed by atoms with Gasteiger partial charge in [0.25, 0.3) is 0 Å². The molecule has 0 heterocycles. The van der Waals surface area contributed by atoms with Crippen molar-refractivity contribution in [3.8, 4) is 11.5 Å². The third-order valence-electron chi connectivity index (χ3n) is 3.91. The van der Waals surface area contributed by atoms with E-state index >= 15 is 0 Å². The number of amides is 2. The summed E-state index contributed by atoms with van der Waals surface area (Å²) in [6, 6.07) is 4.16. The van der Waals surface area contributed by atoms with Crippen LogP contribution in [-0.2, 0) is 11.2 Å². The highest BCUT2D eigenvalue weighted by molar-refractivity contribution is 5.82. The molecule has 1 rings (SSSR count). The number of carboxylic acid groups (broad SMARTS) is 1. The molecule has 2 atom stereocenters. The molecule has 7 nitrogen and oxygen atoms in total. The Morgan fingerprint density at radius 1 is 1.21 bits per heavy atom. The lowest BCUT2D eigenvalue weighted by atomic mass is 9.99. The van der Waals surface area contributed by atoms with E-state index in [0.717, 1.165) is 5.56 Å². The smallest absolute Gasteiger partial charge is 0.326 e. The van der Waals surface area contributed by atoms with E-state index in [4.69, 9.17) is 14.6 Å². The molecule has 0 spiro atoms. The van der Waals surface area contributed by atoms with Crippen molar-refractivity contribution in [2.45, 2.75) is 32.7 Å². The first kappa shape index (κ1) is 19.6. The largest absolute Gasteiger partial charge is 0.493 e. The van der Waals surface area contributed by atoms with Crippen LogP contribution in [0.5, 0.6) is 11.5 Å². The van der Waals surface area contributed by atoms with Crippen LogP contribution in [0.3, 0.4) is 0 Å². The summed E-state index contributed by atoms with van der Waals surface area (Å²) in [5, 5.41) is 14.3. The molecule has 0 fully saturated rings. The van der Waals surface area contributed by atoms with Crippen molar-refractivity contribution in [2.75, 3.05) is 20.8 Å². The van der Waals surface area contributed by atoms with E-state index in [0.29, 0.717) is 30.9 Å². The first-order valence-corrected chi connectivity index (χ1v) is 7.91. The van der Waals surface area contributed by atoms with E-state index in [2.05, 4.69) is 10.6 Å². The van der Waals surface area contributed by atoms with Crippen LogP contribution in [0.25, 0.3) is 0 Å². The Morgan fingerprint density at radius 3 is 2.42 bits per heavy atom. The second kappa shape index (κ2) is 9.64. The minimum absolute atomic E-state index is 0.140. The molecule has 0 aliphatic carbocycles. The average molecular weight is 338 g/mol. The number of benzene rings is 1. The van der Waals surface area contributed by atoms with Crippen LogP contribution in [-0.4, -0.2) is 43.9 Å². The zero-order valence-electron chi connectivity index (χ0n) is 14.6. The molecule has 24 heavy (non-hydrogen) atoms. The standard InChI is InChI=1S/C17H26N2O5/c1-5-11(2)15(16(20)21)19-17(22)18-9-8-12-6-7-13(23-3)14(10-12)24-4/h6-7,10-11,15H,5,8-9H2,1-4H3,(H,20,21)(H2,18,19,22)/t11-,15+/m1/s1. The minimum Gasteiger partial charge on any atom is -0.493 e. The van der Waals surface area contributed by atoms with Crippen LogP contribution in [0, 0.1) is 5.92 Å². The van der Waals surface area contributed by atoms with Crippen molar-refractivity contribution in [3.05, 3.63) is 23.8 Å². The Bertz CT molecular complexity index is 562. The molecule has 7 heteroatoms. The lowest BCUT2D eigenvalue weighted by Crippen LogP contribution is -2.49. The fourth-order valence-corrected chi connectivity index (χ4v) is 2.23. The van der Waals surface area contributed by atoms with Gasteiger partial charge in [-0.25, -0.2) is 9.59 Å². The van der Waals surface area contributed by atoms with E-state index in [1.807, 2.05) is 19.1 Å². The van der Waals surface area contributed by atoms with E-state index < -0.39 is 18.0 Å². The third kappa shape index (κ3) is 5.64. The summed E-state index contributed by atoms with van der Waals surface area (Å²) in [5.41, 5.74) is 0.977. The Labute approximate surface area is 142 Å². The molecule has 0 saturated carbocycles. The van der Waals surface area contributed by atoms with Crippen molar-refractivity contribution in [3.63, 3.8) is 0 Å². The Morgan fingerprint density at radius 2 is 1.88 bits per heavy atom. The lowest BCUT2D eigenvalue weighted by molar-refractivity contribution is -0.140. The summed E-state index contributed by atoms with van der Waals surface area (Å²) in [7, 11) is 3.13. The molecule has 134 valence electrons. The average Bonchev–Trinajstić information content (AvgIpc) is 2.58. The number of urea groups is 1. The van der Waals surface area contributed by atoms with Crippen LogP contribution < -0.4 is 20.1 Å². The van der Waals surface area contributed by atoms with Crippen molar-refractivity contribution < 1.29 is 24.2 Å². The Balaban J connectivity index is 2.52. The molecule has 0 aliphatic heterocycles. The van der Waals surface area contributed by atoms with Crippen molar-refractivity contribution >= 4 is 12.0 Å². The molecule has 0 radical (unpaired) electrons. The van der Waals surface area contributed by atoms with Crippen LogP contribution in [0.2, 0.25) is 0 Å². The number of hydrogen-bond acceptors (Lipinski definition) is 4. The van der Waals surface area contributed by atoms with E-state index in [-0.39, 0.29) is 5.92 Å². The number of rotatable bonds is 9. The van der Waals surface area contributed by atoms with Gasteiger partial charge in [0.1, 0.15) is 6.04 Å². The summed E-state index contributed by atoms with van der Waals surface area (Å²) in [6.07, 6.45) is 1.26. The van der Waals surface area contributed by atoms with Gasteiger partial charge >= 0.3 is 12.0 Å². The summed E-state index contributed by atoms with van der Waals surface area (Å²) in [4.78, 5) is 23.1. The number of ether oxygens (including phenoxy) is 2. The molecule has 0 bridgehead atoms. The second-order valence-corrected chi connectivity index (χ2v) is 5.54. The topological polar surface area (TPSA) is 96.9 Å². The normalized spacial score (nSPS) is 12.8. The minimum atomic E-state index is -1.03. The number of nitrogens with one attached hydrogen (secondary N) is 2. The van der Waals surface area contributed by atoms with Gasteiger partial charge in [-0.2, -0.15) is 0 Å². The molecule has 1 aromatic carbocycles. The SMILES string of the molecule is CC[C@@H](C)[C@H](NC(=O)NCCc1ccc(OC)c(OC)c1)C(=O)O. The van der Waals surface area contributed by atoms with Gasteiger partial charge in [0.15, 0.2) is 11.5 Å². The predicted molar refractivity (Wildman–Crippen MR) is 90.7 cm³/mol. The van der Waals surface area contributed by atoms with E-state index in [1.165, 1.54) is 0 Å². The third-order valence-corrected chi connectivity index (χ3v) is 3.91. The van der Waals surface area contributed by atoms with Gasteiger partial charge in [-0.05, 0) is 30.0 Å². The first-order valence-electron chi connectivity index (χ1n) is 7.91. The van der Waals surface area contributed by atoms with Gasteiger partial charge in [-0.15, -0.1) is 0 Å². The summed E-state index contributed by atoms with van der Waals surface area (Å²) in [5.74, 6) is 0.102. The molecular formula is C17H26N2O5. The molecule has 0 saturated heterocycles. The monoisotopic (exact) mass is 338 g/mol. The Hall–Kier alpha value is -2.44. The van der Waals surface area contributed by atoms with Crippen molar-refractivity contribution in [1.29, 1.82) is 0 Å². The Kier molecular flexibility index (Phi) is 7.88. The van der Waals surface area contributed by atoms with Crippen LogP contribution in [0.4, 0.5) is 4.79 Å². The molecule has 0 unspecified atom stereocenters. The number of carboxylic acids is 1. The van der Waals surface area contributed by atoms with E-state index in [1.54, 1.807) is 27.2 Å². The summed E-state index contributed by atoms with van der Waals surface area (Å²) in [6.45, 7) is 4.06. The van der Waals surface area contributed by atoms with Crippen LogP contribution in [0.1, 0.15) is 25.8 Å². The number of carbonyl (C=O) groups excluding carboxylic acids is 1. The van der Waals surface area contributed by atoms with Gasteiger partial charge in [0, 0.05) is 6.54 Å². The fourth-order valence-electron chi connectivity index (χ4n) is 2.23. The fraction of sp³-hybridized carbons (Fsp3) is 0.529. The predicted octanol–water partition coefficient (Wildman–Crippen LogP) is 2.04.